The Balaban J connectivity index is 1.53. The Morgan fingerprint density at radius 2 is 1.59 bits per heavy atom. The summed E-state index contributed by atoms with van der Waals surface area (Å²) in [5, 5.41) is 3.38. The fourth-order valence-electron chi connectivity index (χ4n) is 3.40. The summed E-state index contributed by atoms with van der Waals surface area (Å²) in [6.07, 6.45) is 7.79. The monoisotopic (exact) mass is 422 g/mol. The number of ether oxygens (including phenoxy) is 1. The van der Waals surface area contributed by atoms with Crippen LogP contribution in [0.3, 0.4) is 0 Å². The van der Waals surface area contributed by atoms with Crippen LogP contribution in [-0.2, 0) is 6.42 Å². The third-order valence-corrected chi connectivity index (χ3v) is 5.05. The topological polar surface area (TPSA) is 73.1 Å². The molecular formula is C27H26N4O. The van der Waals surface area contributed by atoms with Gasteiger partial charge >= 0.3 is 0 Å². The third kappa shape index (κ3) is 5.32. The molecule has 4 rings (SSSR count). The molecule has 0 fully saturated rings. The van der Waals surface area contributed by atoms with E-state index in [4.69, 9.17) is 10.5 Å². The number of hydrogen-bond acceptors (Lipinski definition) is 5. The summed E-state index contributed by atoms with van der Waals surface area (Å²) in [7, 11) is 0. The predicted molar refractivity (Wildman–Crippen MR) is 131 cm³/mol. The highest BCUT2D eigenvalue weighted by Gasteiger charge is 2.12. The minimum absolute atomic E-state index is 0.419. The van der Waals surface area contributed by atoms with Gasteiger partial charge < -0.3 is 15.8 Å². The summed E-state index contributed by atoms with van der Waals surface area (Å²) in [5.41, 5.74) is 10.1. The molecule has 3 N–H and O–H groups in total. The minimum atomic E-state index is 0.419. The maximum atomic E-state index is 6.23. The van der Waals surface area contributed by atoms with Crippen LogP contribution in [0.15, 0.2) is 97.3 Å². The van der Waals surface area contributed by atoms with E-state index in [9.17, 15) is 0 Å². The number of nitrogens with zero attached hydrogens (tertiary/aromatic N) is 2. The van der Waals surface area contributed by atoms with E-state index in [2.05, 4.69) is 51.7 Å². The van der Waals surface area contributed by atoms with Crippen molar-refractivity contribution in [2.45, 2.75) is 19.8 Å². The molecule has 1 heterocycles. The first-order valence-electron chi connectivity index (χ1n) is 10.6. The number of aryl methyl sites for hydroxylation is 1. The van der Waals surface area contributed by atoms with Crippen LogP contribution in [0.25, 0.3) is 11.1 Å². The van der Waals surface area contributed by atoms with Gasteiger partial charge in [0, 0.05) is 5.69 Å². The number of hydrogen-bond donors (Lipinski definition) is 2. The van der Waals surface area contributed by atoms with Crippen molar-refractivity contribution < 1.29 is 4.74 Å². The van der Waals surface area contributed by atoms with Gasteiger partial charge in [0.25, 0.3) is 0 Å². The summed E-state index contributed by atoms with van der Waals surface area (Å²) in [5.74, 6) is 2.62. The van der Waals surface area contributed by atoms with E-state index in [0.29, 0.717) is 11.6 Å². The zero-order valence-electron chi connectivity index (χ0n) is 18.0. The van der Waals surface area contributed by atoms with E-state index in [1.54, 1.807) is 0 Å². The molecule has 0 saturated carbocycles. The highest BCUT2D eigenvalue weighted by Crippen LogP contribution is 2.34. The number of anilines is 3. The molecule has 160 valence electrons. The Bertz CT molecular complexity index is 1170. The van der Waals surface area contributed by atoms with Crippen molar-refractivity contribution in [1.82, 2.24) is 9.97 Å². The van der Waals surface area contributed by atoms with Gasteiger partial charge in [-0.05, 0) is 67.3 Å². The molecule has 0 aliphatic rings. The molecular weight excluding hydrogens is 396 g/mol. The molecule has 0 aliphatic heterocycles. The van der Waals surface area contributed by atoms with Crippen LogP contribution >= 0.6 is 0 Å². The molecule has 0 bridgehead atoms. The lowest BCUT2D eigenvalue weighted by Crippen LogP contribution is -2.02. The summed E-state index contributed by atoms with van der Waals surface area (Å²) in [6, 6.07) is 25.8. The highest BCUT2D eigenvalue weighted by molar-refractivity contribution is 5.85. The standard InChI is InChI=1S/C27H26N4O/c1-2-3-5-8-20-11-15-22(16-12-20)31-27-25(26(28)29-19-30-27)21-13-17-24(18-14-21)32-23-9-6-4-7-10-23/h2-4,6-7,9-19H,5,8H2,1H3,(H3,28,29,30,31). The number of nitrogen functional groups attached to an aromatic ring is 1. The van der Waals surface area contributed by atoms with Gasteiger partial charge in [-0.25, -0.2) is 9.97 Å². The van der Waals surface area contributed by atoms with Crippen LogP contribution in [0.5, 0.6) is 11.5 Å². The first-order valence-corrected chi connectivity index (χ1v) is 10.6. The molecule has 0 amide bonds. The van der Waals surface area contributed by atoms with Crippen molar-refractivity contribution >= 4 is 17.3 Å². The van der Waals surface area contributed by atoms with Gasteiger partial charge in [0.1, 0.15) is 29.5 Å². The van der Waals surface area contributed by atoms with E-state index in [0.717, 1.165) is 41.2 Å². The summed E-state index contributed by atoms with van der Waals surface area (Å²) in [6.45, 7) is 2.04. The van der Waals surface area contributed by atoms with Gasteiger partial charge in [-0.15, -0.1) is 0 Å². The molecule has 0 saturated heterocycles. The van der Waals surface area contributed by atoms with Crippen LogP contribution in [-0.4, -0.2) is 9.97 Å². The van der Waals surface area contributed by atoms with Crippen molar-refractivity contribution in [1.29, 1.82) is 0 Å². The van der Waals surface area contributed by atoms with Gasteiger partial charge in [0.15, 0.2) is 0 Å². The molecule has 0 atom stereocenters. The van der Waals surface area contributed by atoms with Gasteiger partial charge in [-0.3, -0.25) is 0 Å². The Labute approximate surface area is 188 Å². The minimum Gasteiger partial charge on any atom is -0.457 e. The van der Waals surface area contributed by atoms with Gasteiger partial charge in [0.05, 0.1) is 5.56 Å². The molecule has 5 heteroatoms. The first-order chi connectivity index (χ1) is 15.7. The lowest BCUT2D eigenvalue weighted by atomic mass is 10.1. The van der Waals surface area contributed by atoms with Crippen molar-refractivity contribution in [3.63, 3.8) is 0 Å². The molecule has 32 heavy (non-hydrogen) atoms. The lowest BCUT2D eigenvalue weighted by Gasteiger charge is -2.14. The van der Waals surface area contributed by atoms with Crippen molar-refractivity contribution in [3.05, 3.63) is 103 Å². The molecule has 0 spiro atoms. The maximum absolute atomic E-state index is 6.23. The smallest absolute Gasteiger partial charge is 0.143 e. The quantitative estimate of drug-likeness (QED) is 0.307. The second-order valence-corrected chi connectivity index (χ2v) is 7.35. The fourth-order valence-corrected chi connectivity index (χ4v) is 3.40. The SMILES string of the molecule is CC=CCCc1ccc(Nc2ncnc(N)c2-c2ccc(Oc3ccccc3)cc2)cc1. The normalized spacial score (nSPS) is 10.9. The summed E-state index contributed by atoms with van der Waals surface area (Å²) in [4.78, 5) is 8.63. The summed E-state index contributed by atoms with van der Waals surface area (Å²) >= 11 is 0. The average molecular weight is 423 g/mol. The average Bonchev–Trinajstić information content (AvgIpc) is 2.82. The van der Waals surface area contributed by atoms with E-state index in [1.807, 2.05) is 61.5 Å². The number of para-hydroxylation sites is 1. The predicted octanol–water partition coefficient (Wildman–Crippen LogP) is 6.77. The molecule has 0 unspecified atom stereocenters. The lowest BCUT2D eigenvalue weighted by molar-refractivity contribution is 0.483. The maximum Gasteiger partial charge on any atom is 0.143 e. The fraction of sp³-hybridized carbons (Fsp3) is 0.111. The molecule has 0 radical (unpaired) electrons. The van der Waals surface area contributed by atoms with E-state index < -0.39 is 0 Å². The number of nitrogens with two attached hydrogens (primary N) is 1. The van der Waals surface area contributed by atoms with E-state index in [-0.39, 0.29) is 0 Å². The second-order valence-electron chi connectivity index (χ2n) is 7.35. The molecule has 4 aromatic rings. The van der Waals surface area contributed by atoms with Crippen LogP contribution < -0.4 is 15.8 Å². The third-order valence-electron chi connectivity index (χ3n) is 5.05. The van der Waals surface area contributed by atoms with Gasteiger partial charge in [-0.2, -0.15) is 0 Å². The molecule has 1 aromatic heterocycles. The van der Waals surface area contributed by atoms with Crippen LogP contribution in [0.2, 0.25) is 0 Å². The van der Waals surface area contributed by atoms with Crippen LogP contribution in [0.4, 0.5) is 17.3 Å². The number of aromatic nitrogens is 2. The number of allylic oxidation sites excluding steroid dienone is 2. The van der Waals surface area contributed by atoms with Crippen LogP contribution in [0.1, 0.15) is 18.9 Å². The van der Waals surface area contributed by atoms with E-state index in [1.165, 1.54) is 11.9 Å². The van der Waals surface area contributed by atoms with Crippen molar-refractivity contribution in [2.24, 2.45) is 0 Å². The van der Waals surface area contributed by atoms with Gasteiger partial charge in [-0.1, -0.05) is 54.6 Å². The Morgan fingerprint density at radius 1 is 0.875 bits per heavy atom. The zero-order valence-corrected chi connectivity index (χ0v) is 18.0. The first kappa shape index (κ1) is 21.1. The molecule has 0 aliphatic carbocycles. The summed E-state index contributed by atoms with van der Waals surface area (Å²) < 4.78 is 5.89. The second kappa shape index (κ2) is 10.3. The Kier molecular flexibility index (Phi) is 6.78. The van der Waals surface area contributed by atoms with E-state index >= 15 is 0 Å². The number of benzene rings is 3. The molecule has 3 aromatic carbocycles. The molecule has 5 nitrogen and oxygen atoms in total. The number of nitrogens with one attached hydrogen (secondary N) is 1. The van der Waals surface area contributed by atoms with Crippen LogP contribution in [0, 0.1) is 0 Å². The van der Waals surface area contributed by atoms with Crippen molar-refractivity contribution in [3.8, 4) is 22.6 Å². The largest absolute Gasteiger partial charge is 0.457 e. The van der Waals surface area contributed by atoms with Gasteiger partial charge in [0.2, 0.25) is 0 Å². The Hall–Kier alpha value is -4.12. The zero-order chi connectivity index (χ0) is 22.2. The Morgan fingerprint density at radius 3 is 2.31 bits per heavy atom. The highest BCUT2D eigenvalue weighted by atomic mass is 16.5. The number of rotatable bonds is 8. The van der Waals surface area contributed by atoms with Crippen molar-refractivity contribution in [2.75, 3.05) is 11.1 Å².